The number of carbonyl (C=O) groups excluding carboxylic acids is 1. The number of hydrogen-bond donors (Lipinski definition) is 0. The van der Waals surface area contributed by atoms with Crippen LogP contribution in [0, 0.1) is 5.92 Å². The van der Waals surface area contributed by atoms with Crippen molar-refractivity contribution in [3.8, 4) is 11.3 Å². The van der Waals surface area contributed by atoms with Crippen molar-refractivity contribution in [1.82, 2.24) is 15.2 Å². The summed E-state index contributed by atoms with van der Waals surface area (Å²) in [6, 6.07) is 13.3. The molecule has 0 aliphatic carbocycles. The molecular formula is C19H21N3O3. The molecule has 2 heterocycles. The van der Waals surface area contributed by atoms with E-state index in [1.54, 1.807) is 13.1 Å². The van der Waals surface area contributed by atoms with Gasteiger partial charge in [-0.25, -0.2) is 0 Å². The van der Waals surface area contributed by atoms with E-state index in [1.165, 1.54) is 4.90 Å². The molecule has 0 saturated carbocycles. The van der Waals surface area contributed by atoms with E-state index in [-0.39, 0.29) is 11.7 Å². The molecule has 6 heteroatoms. The fraction of sp³-hybridized carbons (Fsp3) is 0.316. The van der Waals surface area contributed by atoms with Crippen molar-refractivity contribution in [3.05, 3.63) is 59.7 Å². The summed E-state index contributed by atoms with van der Waals surface area (Å²) in [5.41, 5.74) is 2.51. The first-order valence-electron chi connectivity index (χ1n) is 8.25. The number of carbonyl (C=O) groups is 1. The van der Waals surface area contributed by atoms with Crippen LogP contribution >= 0.6 is 0 Å². The second-order valence-electron chi connectivity index (χ2n) is 6.49. The number of rotatable bonds is 6. The molecule has 25 heavy (non-hydrogen) atoms. The molecule has 6 nitrogen and oxygen atoms in total. The van der Waals surface area contributed by atoms with E-state index < -0.39 is 0 Å². The number of hydrogen-bond acceptors (Lipinski definition) is 5. The second kappa shape index (κ2) is 7.34. The average molecular weight is 339 g/mol. The van der Waals surface area contributed by atoms with Crippen LogP contribution in [0.15, 0.2) is 51.5 Å². The summed E-state index contributed by atoms with van der Waals surface area (Å²) in [7, 11) is 1.69. The highest BCUT2D eigenvalue weighted by Gasteiger charge is 2.19. The van der Waals surface area contributed by atoms with E-state index in [1.807, 2.05) is 36.4 Å². The summed E-state index contributed by atoms with van der Waals surface area (Å²) in [5.74, 6) is 1.06. The predicted octanol–water partition coefficient (Wildman–Crippen LogP) is 3.80. The quantitative estimate of drug-likeness (QED) is 0.683. The zero-order chi connectivity index (χ0) is 17.8. The molecule has 0 radical (unpaired) electrons. The standard InChI is InChI=1S/C19H21N3O3/c1-13(2)9-15-10-18(25-20-15)19(23)22(3)12-16-11-17(21-24-16)14-7-5-4-6-8-14/h4-8,10-11,13H,9,12H2,1-3H3. The van der Waals surface area contributed by atoms with Crippen molar-refractivity contribution in [2.45, 2.75) is 26.8 Å². The van der Waals surface area contributed by atoms with E-state index in [9.17, 15) is 4.79 Å². The molecule has 0 atom stereocenters. The van der Waals surface area contributed by atoms with Crippen LogP contribution in [0.2, 0.25) is 0 Å². The normalized spacial score (nSPS) is 11.0. The molecule has 2 aromatic heterocycles. The van der Waals surface area contributed by atoms with Gasteiger partial charge in [-0.2, -0.15) is 0 Å². The monoisotopic (exact) mass is 339 g/mol. The predicted molar refractivity (Wildman–Crippen MR) is 92.8 cm³/mol. The third kappa shape index (κ3) is 4.15. The third-order valence-corrected chi connectivity index (χ3v) is 3.76. The van der Waals surface area contributed by atoms with E-state index in [0.29, 0.717) is 18.2 Å². The van der Waals surface area contributed by atoms with Crippen LogP contribution in [0.4, 0.5) is 0 Å². The van der Waals surface area contributed by atoms with Gasteiger partial charge in [0.25, 0.3) is 5.91 Å². The maximum Gasteiger partial charge on any atom is 0.292 e. The molecule has 0 aliphatic rings. The van der Waals surface area contributed by atoms with Gasteiger partial charge in [-0.1, -0.05) is 54.5 Å². The molecule has 0 aliphatic heterocycles. The highest BCUT2D eigenvalue weighted by atomic mass is 16.5. The van der Waals surface area contributed by atoms with Crippen LogP contribution in [0.5, 0.6) is 0 Å². The van der Waals surface area contributed by atoms with E-state index >= 15 is 0 Å². The zero-order valence-electron chi connectivity index (χ0n) is 14.6. The maximum absolute atomic E-state index is 12.5. The summed E-state index contributed by atoms with van der Waals surface area (Å²) >= 11 is 0. The van der Waals surface area contributed by atoms with Gasteiger partial charge in [-0.3, -0.25) is 4.79 Å². The molecule has 0 bridgehead atoms. The van der Waals surface area contributed by atoms with Gasteiger partial charge >= 0.3 is 0 Å². The van der Waals surface area contributed by atoms with Gasteiger partial charge < -0.3 is 13.9 Å². The highest BCUT2D eigenvalue weighted by Crippen LogP contribution is 2.20. The van der Waals surface area contributed by atoms with Crippen LogP contribution in [-0.4, -0.2) is 28.2 Å². The summed E-state index contributed by atoms with van der Waals surface area (Å²) in [6.45, 7) is 4.49. The van der Waals surface area contributed by atoms with Crippen molar-refractivity contribution < 1.29 is 13.8 Å². The first kappa shape index (κ1) is 17.0. The van der Waals surface area contributed by atoms with Crippen LogP contribution in [0.1, 0.15) is 35.9 Å². The van der Waals surface area contributed by atoms with E-state index in [2.05, 4.69) is 24.2 Å². The van der Waals surface area contributed by atoms with Crippen molar-refractivity contribution >= 4 is 5.91 Å². The van der Waals surface area contributed by atoms with Gasteiger partial charge in [0, 0.05) is 24.7 Å². The fourth-order valence-corrected chi connectivity index (χ4v) is 2.55. The molecule has 1 aromatic carbocycles. The Labute approximate surface area is 146 Å². The lowest BCUT2D eigenvalue weighted by Gasteiger charge is -2.12. The molecule has 0 N–H and O–H groups in total. The van der Waals surface area contributed by atoms with Gasteiger partial charge in [-0.15, -0.1) is 0 Å². The van der Waals surface area contributed by atoms with Crippen LogP contribution in [0.25, 0.3) is 11.3 Å². The minimum atomic E-state index is -0.236. The number of amides is 1. The minimum Gasteiger partial charge on any atom is -0.359 e. The molecule has 3 rings (SSSR count). The molecule has 0 spiro atoms. The molecule has 0 fully saturated rings. The van der Waals surface area contributed by atoms with Crippen LogP contribution < -0.4 is 0 Å². The van der Waals surface area contributed by atoms with E-state index in [0.717, 1.165) is 23.4 Å². The van der Waals surface area contributed by atoms with Crippen molar-refractivity contribution in [3.63, 3.8) is 0 Å². The smallest absolute Gasteiger partial charge is 0.292 e. The van der Waals surface area contributed by atoms with Crippen molar-refractivity contribution in [1.29, 1.82) is 0 Å². The molecule has 0 saturated heterocycles. The Hall–Kier alpha value is -2.89. The van der Waals surface area contributed by atoms with Crippen molar-refractivity contribution in [2.75, 3.05) is 7.05 Å². The Kier molecular flexibility index (Phi) is 4.97. The molecule has 3 aromatic rings. The number of benzene rings is 1. The zero-order valence-corrected chi connectivity index (χ0v) is 14.6. The van der Waals surface area contributed by atoms with Gasteiger partial charge in [0.2, 0.25) is 5.76 Å². The molecule has 1 amide bonds. The van der Waals surface area contributed by atoms with Crippen molar-refractivity contribution in [2.24, 2.45) is 5.92 Å². The van der Waals surface area contributed by atoms with Gasteiger partial charge in [-0.05, 0) is 12.3 Å². The summed E-state index contributed by atoms with van der Waals surface area (Å²) in [4.78, 5) is 14.0. The first-order chi connectivity index (χ1) is 12.0. The van der Waals surface area contributed by atoms with Gasteiger partial charge in [0.05, 0.1) is 12.2 Å². The Balaban J connectivity index is 1.66. The number of aromatic nitrogens is 2. The van der Waals surface area contributed by atoms with Gasteiger partial charge in [0.15, 0.2) is 5.76 Å². The Morgan fingerprint density at radius 3 is 2.60 bits per heavy atom. The maximum atomic E-state index is 12.5. The van der Waals surface area contributed by atoms with Crippen LogP contribution in [0.3, 0.4) is 0 Å². The lowest BCUT2D eigenvalue weighted by molar-refractivity contribution is 0.0730. The Morgan fingerprint density at radius 2 is 1.88 bits per heavy atom. The summed E-state index contributed by atoms with van der Waals surface area (Å²) in [5, 5.41) is 8.01. The minimum absolute atomic E-state index is 0.236. The number of nitrogens with zero attached hydrogens (tertiary/aromatic N) is 3. The lowest BCUT2D eigenvalue weighted by Crippen LogP contribution is -2.25. The fourth-order valence-electron chi connectivity index (χ4n) is 2.55. The van der Waals surface area contributed by atoms with Crippen LogP contribution in [-0.2, 0) is 13.0 Å². The SMILES string of the molecule is CC(C)Cc1cc(C(=O)N(C)Cc2cc(-c3ccccc3)no2)on1. The Morgan fingerprint density at radius 1 is 1.12 bits per heavy atom. The first-order valence-corrected chi connectivity index (χ1v) is 8.25. The van der Waals surface area contributed by atoms with E-state index in [4.69, 9.17) is 9.05 Å². The topological polar surface area (TPSA) is 72.4 Å². The van der Waals surface area contributed by atoms with Gasteiger partial charge in [0.1, 0.15) is 5.69 Å². The average Bonchev–Trinajstić information content (AvgIpc) is 3.24. The molecule has 0 unspecified atom stereocenters. The summed E-state index contributed by atoms with van der Waals surface area (Å²) < 4.78 is 10.5. The highest BCUT2D eigenvalue weighted by molar-refractivity contribution is 5.91. The molecular weight excluding hydrogens is 318 g/mol. The molecule has 130 valence electrons. The summed E-state index contributed by atoms with van der Waals surface area (Å²) in [6.07, 6.45) is 0.781. The third-order valence-electron chi connectivity index (χ3n) is 3.76. The Bertz CT molecular complexity index is 836. The lowest BCUT2D eigenvalue weighted by atomic mass is 10.1. The largest absolute Gasteiger partial charge is 0.359 e. The second-order valence-corrected chi connectivity index (χ2v) is 6.49.